The van der Waals surface area contributed by atoms with Crippen LogP contribution in [0, 0.1) is 0 Å². The zero-order chi connectivity index (χ0) is 13.1. The van der Waals surface area contributed by atoms with Gasteiger partial charge in [0.2, 0.25) is 0 Å². The van der Waals surface area contributed by atoms with E-state index >= 15 is 0 Å². The highest BCUT2D eigenvalue weighted by Gasteiger charge is 2.03. The number of hydrogen-bond donors (Lipinski definition) is 0. The summed E-state index contributed by atoms with van der Waals surface area (Å²) < 4.78 is 0. The quantitative estimate of drug-likeness (QED) is 0.512. The number of Topliss-reactive ketones (excluding diaryl/α,β-unsaturated/α-hetero) is 1. The van der Waals surface area contributed by atoms with E-state index in [1.54, 1.807) is 0 Å². The molecule has 0 aromatic carbocycles. The summed E-state index contributed by atoms with van der Waals surface area (Å²) in [4.78, 5) is 11.7. The number of hydrogen-bond acceptors (Lipinski definition) is 1. The van der Waals surface area contributed by atoms with E-state index in [0.29, 0.717) is 5.78 Å². The molecule has 0 amide bonds. The van der Waals surface area contributed by atoms with Gasteiger partial charge in [0.1, 0.15) is 5.78 Å². The van der Waals surface area contributed by atoms with Gasteiger partial charge < -0.3 is 0 Å². The fraction of sp³-hybridized carbons (Fsp3) is 0.824. The lowest BCUT2D eigenvalue weighted by molar-refractivity contribution is -0.119. The minimum Gasteiger partial charge on any atom is -0.300 e. The first-order chi connectivity index (χ1) is 8.79. The van der Waals surface area contributed by atoms with E-state index in [2.05, 4.69) is 13.0 Å². The molecule has 0 N–H and O–H groups in total. The van der Waals surface area contributed by atoms with Crippen molar-refractivity contribution in [1.82, 2.24) is 0 Å². The predicted octanol–water partition coefficient (Wildman–Crippen LogP) is 5.59. The van der Waals surface area contributed by atoms with Crippen LogP contribution in [0.2, 0.25) is 0 Å². The summed E-state index contributed by atoms with van der Waals surface area (Å²) >= 11 is 0. The van der Waals surface area contributed by atoms with Gasteiger partial charge in [0, 0.05) is 12.8 Å². The highest BCUT2D eigenvalue weighted by atomic mass is 16.1. The van der Waals surface area contributed by atoms with Crippen molar-refractivity contribution < 1.29 is 4.79 Å². The molecule has 0 atom stereocenters. The molecule has 18 heavy (non-hydrogen) atoms. The summed E-state index contributed by atoms with van der Waals surface area (Å²) in [5, 5.41) is 0. The van der Waals surface area contributed by atoms with E-state index in [9.17, 15) is 4.79 Å². The maximum Gasteiger partial charge on any atom is 0.133 e. The van der Waals surface area contributed by atoms with Crippen LogP contribution in [0.5, 0.6) is 0 Å². The lowest BCUT2D eigenvalue weighted by Gasteiger charge is -2.05. The zero-order valence-corrected chi connectivity index (χ0v) is 12.2. The summed E-state index contributed by atoms with van der Waals surface area (Å²) in [6.07, 6.45) is 18.1. The van der Waals surface area contributed by atoms with Crippen LogP contribution in [-0.2, 0) is 4.79 Å². The van der Waals surface area contributed by atoms with Crippen molar-refractivity contribution in [3.05, 3.63) is 11.6 Å². The normalized spacial score (nSPS) is 22.5. The molecule has 1 rings (SSSR count). The second-order valence-electron chi connectivity index (χ2n) is 5.81. The van der Waals surface area contributed by atoms with E-state index in [-0.39, 0.29) is 0 Å². The fourth-order valence-corrected chi connectivity index (χ4v) is 2.62. The summed E-state index contributed by atoms with van der Waals surface area (Å²) in [6.45, 7) is 2.18. The second-order valence-corrected chi connectivity index (χ2v) is 5.81. The highest BCUT2D eigenvalue weighted by Crippen LogP contribution is 2.15. The lowest BCUT2D eigenvalue weighted by Crippen LogP contribution is -1.98. The number of allylic oxidation sites excluding steroid dienone is 2. The lowest BCUT2D eigenvalue weighted by atomic mass is 10.0. The molecule has 0 radical (unpaired) electrons. The molecular weight excluding hydrogens is 220 g/mol. The second kappa shape index (κ2) is 10.3. The third kappa shape index (κ3) is 8.49. The maximum atomic E-state index is 11.7. The van der Waals surface area contributed by atoms with Crippen molar-refractivity contribution in [3.8, 4) is 0 Å². The first-order valence-corrected chi connectivity index (χ1v) is 7.96. The third-order valence-corrected chi connectivity index (χ3v) is 3.95. The van der Waals surface area contributed by atoms with Crippen LogP contribution >= 0.6 is 0 Å². The molecule has 0 unspecified atom stereocenters. The van der Waals surface area contributed by atoms with Gasteiger partial charge in [-0.3, -0.25) is 4.79 Å². The summed E-state index contributed by atoms with van der Waals surface area (Å²) in [7, 11) is 0. The Bertz CT molecular complexity index is 252. The average molecular weight is 250 g/mol. The SMILES string of the molecule is CC1=CCCCCCCCCCCCC(=O)CC1. The van der Waals surface area contributed by atoms with Crippen molar-refractivity contribution >= 4 is 5.78 Å². The molecular formula is C17H30O. The van der Waals surface area contributed by atoms with Gasteiger partial charge in [-0.25, -0.2) is 0 Å². The standard InChI is InChI=1S/C17H30O/c1-16-12-10-8-6-4-2-3-5-7-9-11-13-17(18)15-14-16/h12H,2-11,13-15H2,1H3. The van der Waals surface area contributed by atoms with E-state index in [4.69, 9.17) is 0 Å². The Morgan fingerprint density at radius 3 is 1.94 bits per heavy atom. The minimum atomic E-state index is 0.467. The van der Waals surface area contributed by atoms with E-state index in [0.717, 1.165) is 25.7 Å². The molecule has 104 valence electrons. The molecule has 0 spiro atoms. The monoisotopic (exact) mass is 250 g/mol. The maximum absolute atomic E-state index is 11.7. The molecule has 0 aromatic heterocycles. The molecule has 0 aliphatic heterocycles. The van der Waals surface area contributed by atoms with E-state index in [1.807, 2.05) is 0 Å². The number of carbonyl (C=O) groups excluding carboxylic acids is 1. The van der Waals surface area contributed by atoms with Gasteiger partial charge in [-0.1, -0.05) is 56.6 Å². The van der Waals surface area contributed by atoms with Gasteiger partial charge >= 0.3 is 0 Å². The highest BCUT2D eigenvalue weighted by molar-refractivity contribution is 5.78. The van der Waals surface area contributed by atoms with Crippen molar-refractivity contribution in [2.45, 2.75) is 90.4 Å². The van der Waals surface area contributed by atoms with Crippen LogP contribution < -0.4 is 0 Å². The molecule has 0 heterocycles. The molecule has 1 heteroatoms. The van der Waals surface area contributed by atoms with Gasteiger partial charge in [0.25, 0.3) is 0 Å². The Morgan fingerprint density at radius 1 is 0.722 bits per heavy atom. The Kier molecular flexibility index (Phi) is 8.89. The van der Waals surface area contributed by atoms with Crippen LogP contribution in [0.3, 0.4) is 0 Å². The zero-order valence-electron chi connectivity index (χ0n) is 12.2. The van der Waals surface area contributed by atoms with Crippen molar-refractivity contribution in [1.29, 1.82) is 0 Å². The molecule has 0 saturated heterocycles. The molecule has 0 saturated carbocycles. The van der Waals surface area contributed by atoms with Gasteiger partial charge in [-0.2, -0.15) is 0 Å². The topological polar surface area (TPSA) is 17.1 Å². The largest absolute Gasteiger partial charge is 0.300 e. The smallest absolute Gasteiger partial charge is 0.133 e. The summed E-state index contributed by atoms with van der Waals surface area (Å²) in [6, 6.07) is 0. The molecule has 0 bridgehead atoms. The first kappa shape index (κ1) is 15.5. The van der Waals surface area contributed by atoms with Crippen molar-refractivity contribution in [2.75, 3.05) is 0 Å². The molecule has 1 aliphatic carbocycles. The van der Waals surface area contributed by atoms with Crippen molar-refractivity contribution in [2.24, 2.45) is 0 Å². The Hall–Kier alpha value is -0.590. The molecule has 1 aliphatic rings. The molecule has 0 fully saturated rings. The van der Waals surface area contributed by atoms with Crippen LogP contribution in [-0.4, -0.2) is 5.78 Å². The van der Waals surface area contributed by atoms with Crippen molar-refractivity contribution in [3.63, 3.8) is 0 Å². The van der Waals surface area contributed by atoms with Gasteiger partial charge in [0.15, 0.2) is 0 Å². The molecule has 1 nitrogen and oxygen atoms in total. The Labute approximate surface area is 113 Å². The minimum absolute atomic E-state index is 0.467. The number of rotatable bonds is 0. The fourth-order valence-electron chi connectivity index (χ4n) is 2.62. The van der Waals surface area contributed by atoms with Gasteiger partial charge in [-0.05, 0) is 32.6 Å². The third-order valence-electron chi connectivity index (χ3n) is 3.95. The van der Waals surface area contributed by atoms with E-state index < -0.39 is 0 Å². The van der Waals surface area contributed by atoms with Crippen LogP contribution in [0.25, 0.3) is 0 Å². The predicted molar refractivity (Wildman–Crippen MR) is 78.8 cm³/mol. The summed E-state index contributed by atoms with van der Waals surface area (Å²) in [5.41, 5.74) is 1.41. The Morgan fingerprint density at radius 2 is 1.28 bits per heavy atom. The first-order valence-electron chi connectivity index (χ1n) is 7.96. The molecule has 0 aromatic rings. The number of carbonyl (C=O) groups is 1. The van der Waals surface area contributed by atoms with Gasteiger partial charge in [0.05, 0.1) is 0 Å². The Balaban J connectivity index is 2.29. The van der Waals surface area contributed by atoms with Crippen LogP contribution in [0.1, 0.15) is 90.4 Å². The number of ketones is 1. The van der Waals surface area contributed by atoms with E-state index in [1.165, 1.54) is 63.4 Å². The summed E-state index contributed by atoms with van der Waals surface area (Å²) in [5.74, 6) is 0.467. The van der Waals surface area contributed by atoms with Gasteiger partial charge in [-0.15, -0.1) is 0 Å². The van der Waals surface area contributed by atoms with Crippen LogP contribution in [0.4, 0.5) is 0 Å². The van der Waals surface area contributed by atoms with Crippen LogP contribution in [0.15, 0.2) is 11.6 Å². The average Bonchev–Trinajstić information content (AvgIpc) is 2.36.